The number of anilines is 2. The van der Waals surface area contributed by atoms with E-state index >= 15 is 0 Å². The number of methoxy groups -OCH3 is 1. The van der Waals surface area contributed by atoms with Gasteiger partial charge >= 0.3 is 0 Å². The lowest BCUT2D eigenvalue weighted by molar-refractivity contribution is 0.139. The number of nitrogens with two attached hydrogens (primary N) is 2. The van der Waals surface area contributed by atoms with Gasteiger partial charge in [-0.15, -0.1) is 0 Å². The number of primary sulfonamides is 1. The molecule has 0 radical (unpaired) electrons. The van der Waals surface area contributed by atoms with Crippen molar-refractivity contribution >= 4 is 21.4 Å². The molecule has 7 heteroatoms. The first kappa shape index (κ1) is 15.1. The van der Waals surface area contributed by atoms with Gasteiger partial charge in [-0.2, -0.15) is 0 Å². The Kier molecular flexibility index (Phi) is 4.52. The van der Waals surface area contributed by atoms with Crippen molar-refractivity contribution in [2.75, 3.05) is 37.4 Å². The highest BCUT2D eigenvalue weighted by Gasteiger charge is 2.23. The summed E-state index contributed by atoms with van der Waals surface area (Å²) in [6.45, 7) is 2.44. The molecule has 0 saturated carbocycles. The van der Waals surface area contributed by atoms with Crippen molar-refractivity contribution in [1.82, 2.24) is 0 Å². The van der Waals surface area contributed by atoms with Gasteiger partial charge in [0.05, 0.1) is 11.4 Å². The van der Waals surface area contributed by atoms with Crippen LogP contribution < -0.4 is 15.8 Å². The van der Waals surface area contributed by atoms with Gasteiger partial charge in [0, 0.05) is 26.8 Å². The number of nitrogens with zero attached hydrogens (tertiary/aromatic N) is 1. The summed E-state index contributed by atoms with van der Waals surface area (Å²) in [5.74, 6) is 0.555. The Morgan fingerprint density at radius 2 is 2.00 bits per heavy atom. The number of nitrogen functional groups attached to an aromatic ring is 1. The molecule has 0 aliphatic carbocycles. The molecule has 0 aromatic heterocycles. The predicted octanol–water partition coefficient (Wildman–Crippen LogP) is 0.779. The highest BCUT2D eigenvalue weighted by atomic mass is 32.2. The van der Waals surface area contributed by atoms with Crippen LogP contribution in [-0.4, -0.2) is 35.2 Å². The van der Waals surface area contributed by atoms with Crippen LogP contribution >= 0.6 is 0 Å². The Morgan fingerprint density at radius 1 is 1.35 bits per heavy atom. The average molecular weight is 299 g/mol. The van der Waals surface area contributed by atoms with Gasteiger partial charge in [-0.3, -0.25) is 0 Å². The van der Waals surface area contributed by atoms with Crippen molar-refractivity contribution < 1.29 is 13.2 Å². The van der Waals surface area contributed by atoms with E-state index in [0.717, 1.165) is 38.2 Å². The van der Waals surface area contributed by atoms with E-state index in [2.05, 4.69) is 4.90 Å². The molecule has 0 bridgehead atoms. The second-order valence-corrected chi connectivity index (χ2v) is 6.65. The van der Waals surface area contributed by atoms with Crippen molar-refractivity contribution in [2.45, 2.75) is 17.7 Å². The maximum absolute atomic E-state index is 11.5. The number of benzene rings is 1. The second-order valence-electron chi connectivity index (χ2n) is 5.12. The summed E-state index contributed by atoms with van der Waals surface area (Å²) in [6, 6.07) is 4.94. The molecule has 0 spiro atoms. The molecule has 2 rings (SSSR count). The summed E-state index contributed by atoms with van der Waals surface area (Å²) in [7, 11) is -2.08. The molecule has 0 unspecified atom stereocenters. The van der Waals surface area contributed by atoms with Crippen molar-refractivity contribution in [3.05, 3.63) is 18.2 Å². The van der Waals surface area contributed by atoms with E-state index in [1.54, 1.807) is 13.2 Å². The van der Waals surface area contributed by atoms with Gasteiger partial charge in [-0.1, -0.05) is 6.07 Å². The van der Waals surface area contributed by atoms with Crippen LogP contribution in [0.15, 0.2) is 23.1 Å². The van der Waals surface area contributed by atoms with Crippen molar-refractivity contribution in [3.63, 3.8) is 0 Å². The van der Waals surface area contributed by atoms with Crippen molar-refractivity contribution in [3.8, 4) is 0 Å². The third kappa shape index (κ3) is 3.23. The Labute approximate surface area is 119 Å². The van der Waals surface area contributed by atoms with Crippen LogP contribution in [0.25, 0.3) is 0 Å². The van der Waals surface area contributed by atoms with Gasteiger partial charge in [-0.25, -0.2) is 13.6 Å². The molecule has 1 fully saturated rings. The quantitative estimate of drug-likeness (QED) is 0.800. The van der Waals surface area contributed by atoms with Crippen LogP contribution in [0.4, 0.5) is 11.4 Å². The monoisotopic (exact) mass is 299 g/mol. The standard InChI is InChI=1S/C13H21N3O3S/c1-19-9-10-5-7-16(8-6-10)11-3-2-4-12(13(11)14)20(15,17)18/h2-4,10H,5-9,14H2,1H3,(H2,15,17,18). The maximum Gasteiger partial charge on any atom is 0.240 e. The lowest BCUT2D eigenvalue weighted by Gasteiger charge is -2.34. The number of rotatable bonds is 4. The molecular formula is C13H21N3O3S. The summed E-state index contributed by atoms with van der Waals surface area (Å²) < 4.78 is 28.1. The second kappa shape index (κ2) is 5.99. The van der Waals surface area contributed by atoms with Crippen LogP contribution in [0.3, 0.4) is 0 Å². The molecule has 6 nitrogen and oxygen atoms in total. The predicted molar refractivity (Wildman–Crippen MR) is 79.0 cm³/mol. The summed E-state index contributed by atoms with van der Waals surface area (Å²) in [5, 5.41) is 5.17. The molecule has 4 N–H and O–H groups in total. The number of piperidine rings is 1. The minimum absolute atomic E-state index is 0.00554. The van der Waals surface area contributed by atoms with Crippen LogP contribution in [0, 0.1) is 5.92 Å². The highest BCUT2D eigenvalue weighted by molar-refractivity contribution is 7.89. The summed E-state index contributed by atoms with van der Waals surface area (Å²) in [6.07, 6.45) is 2.01. The van der Waals surface area contributed by atoms with E-state index in [9.17, 15) is 8.42 Å². The Hall–Kier alpha value is -1.31. The SMILES string of the molecule is COCC1CCN(c2cccc(S(N)(=O)=O)c2N)CC1. The summed E-state index contributed by atoms with van der Waals surface area (Å²) >= 11 is 0. The number of hydrogen-bond donors (Lipinski definition) is 2. The first-order valence-corrected chi connectivity index (χ1v) is 8.13. The molecule has 1 heterocycles. The smallest absolute Gasteiger partial charge is 0.240 e. The van der Waals surface area contributed by atoms with Gasteiger partial charge < -0.3 is 15.4 Å². The van der Waals surface area contributed by atoms with Gasteiger partial charge in [0.25, 0.3) is 0 Å². The molecule has 20 heavy (non-hydrogen) atoms. The Balaban J connectivity index is 2.19. The fourth-order valence-electron chi connectivity index (χ4n) is 2.63. The first-order chi connectivity index (χ1) is 9.43. The highest BCUT2D eigenvalue weighted by Crippen LogP contribution is 2.32. The topological polar surface area (TPSA) is 98.6 Å². The number of para-hydroxylation sites is 1. The average Bonchev–Trinajstić information content (AvgIpc) is 2.39. The zero-order chi connectivity index (χ0) is 14.8. The van der Waals surface area contributed by atoms with E-state index in [0.29, 0.717) is 5.92 Å². The van der Waals surface area contributed by atoms with Crippen molar-refractivity contribution in [2.24, 2.45) is 11.1 Å². The minimum Gasteiger partial charge on any atom is -0.396 e. The minimum atomic E-state index is -3.79. The molecule has 0 atom stereocenters. The molecular weight excluding hydrogens is 278 g/mol. The van der Waals surface area contributed by atoms with E-state index in [1.807, 2.05) is 6.07 Å². The molecule has 1 aromatic rings. The van der Waals surface area contributed by atoms with Crippen molar-refractivity contribution in [1.29, 1.82) is 0 Å². The molecule has 1 aromatic carbocycles. The third-order valence-corrected chi connectivity index (χ3v) is 4.68. The lowest BCUT2D eigenvalue weighted by Crippen LogP contribution is -2.35. The third-order valence-electron chi connectivity index (χ3n) is 3.71. The van der Waals surface area contributed by atoms with E-state index in [1.165, 1.54) is 6.07 Å². The van der Waals surface area contributed by atoms with Crippen LogP contribution in [0.1, 0.15) is 12.8 Å². The molecule has 1 aliphatic heterocycles. The number of ether oxygens (including phenoxy) is 1. The molecule has 1 saturated heterocycles. The largest absolute Gasteiger partial charge is 0.396 e. The fraction of sp³-hybridized carbons (Fsp3) is 0.538. The van der Waals surface area contributed by atoms with E-state index in [4.69, 9.17) is 15.6 Å². The summed E-state index contributed by atoms with van der Waals surface area (Å²) in [5.41, 5.74) is 6.95. The van der Waals surface area contributed by atoms with E-state index in [-0.39, 0.29) is 10.6 Å². The Bertz CT molecular complexity index is 566. The molecule has 112 valence electrons. The van der Waals surface area contributed by atoms with Gasteiger partial charge in [0.15, 0.2) is 0 Å². The number of sulfonamides is 1. The lowest BCUT2D eigenvalue weighted by atomic mass is 9.97. The van der Waals surface area contributed by atoms with Crippen LogP contribution in [0.5, 0.6) is 0 Å². The maximum atomic E-state index is 11.5. The van der Waals surface area contributed by atoms with Gasteiger partial charge in [-0.05, 0) is 30.9 Å². The molecule has 0 amide bonds. The van der Waals surface area contributed by atoms with E-state index < -0.39 is 10.0 Å². The fourth-order valence-corrected chi connectivity index (χ4v) is 3.31. The normalized spacial score (nSPS) is 17.4. The zero-order valence-electron chi connectivity index (χ0n) is 11.6. The van der Waals surface area contributed by atoms with Crippen LogP contribution in [0.2, 0.25) is 0 Å². The van der Waals surface area contributed by atoms with Gasteiger partial charge in [0.2, 0.25) is 10.0 Å². The van der Waals surface area contributed by atoms with Crippen LogP contribution in [-0.2, 0) is 14.8 Å². The zero-order valence-corrected chi connectivity index (χ0v) is 12.4. The molecule has 1 aliphatic rings. The number of hydrogen-bond acceptors (Lipinski definition) is 5. The van der Waals surface area contributed by atoms with Gasteiger partial charge in [0.1, 0.15) is 4.90 Å². The Morgan fingerprint density at radius 3 is 2.55 bits per heavy atom. The summed E-state index contributed by atoms with van der Waals surface area (Å²) in [4.78, 5) is 2.10. The first-order valence-electron chi connectivity index (χ1n) is 6.58.